The van der Waals surface area contributed by atoms with Crippen molar-refractivity contribution in [1.82, 2.24) is 5.32 Å². The van der Waals surface area contributed by atoms with E-state index in [9.17, 15) is 9.59 Å². The molecule has 0 spiro atoms. The van der Waals surface area contributed by atoms with Crippen LogP contribution in [0.15, 0.2) is 0 Å². The monoisotopic (exact) mass is 229 g/mol. The van der Waals surface area contributed by atoms with Gasteiger partial charge in [0.2, 0.25) is 5.91 Å². The van der Waals surface area contributed by atoms with Crippen molar-refractivity contribution in [3.8, 4) is 0 Å². The van der Waals surface area contributed by atoms with Crippen LogP contribution in [-0.2, 0) is 14.3 Å². The van der Waals surface area contributed by atoms with E-state index in [4.69, 9.17) is 0 Å². The molecule has 0 aliphatic carbocycles. The molecule has 0 aliphatic heterocycles. The summed E-state index contributed by atoms with van der Waals surface area (Å²) in [4.78, 5) is 23.0. The van der Waals surface area contributed by atoms with Gasteiger partial charge < -0.3 is 10.1 Å². The largest absolute Gasteiger partial charge is 0.467 e. The zero-order chi connectivity index (χ0) is 12.7. The molecule has 0 aliphatic rings. The predicted octanol–water partition coefficient (Wildman–Crippen LogP) is 1.74. The Balaban J connectivity index is 4.30. The normalized spacial score (nSPS) is 14.4. The van der Waals surface area contributed by atoms with E-state index in [0.717, 1.165) is 6.42 Å². The van der Waals surface area contributed by atoms with Crippen LogP contribution >= 0.6 is 0 Å². The van der Waals surface area contributed by atoms with E-state index in [1.54, 1.807) is 0 Å². The maximum Gasteiger partial charge on any atom is 0.328 e. The maximum atomic E-state index is 11.6. The van der Waals surface area contributed by atoms with Crippen molar-refractivity contribution < 1.29 is 14.3 Å². The van der Waals surface area contributed by atoms with Crippen LogP contribution in [0.2, 0.25) is 0 Å². The first kappa shape index (κ1) is 14.9. The Kier molecular flexibility index (Phi) is 6.77. The average Bonchev–Trinajstić information content (AvgIpc) is 2.24. The second-order valence-corrected chi connectivity index (χ2v) is 4.53. The summed E-state index contributed by atoms with van der Waals surface area (Å²) in [7, 11) is 1.33. The Morgan fingerprint density at radius 1 is 1.25 bits per heavy atom. The number of carbonyl (C=O) groups is 2. The summed E-state index contributed by atoms with van der Waals surface area (Å²) in [6.45, 7) is 7.82. The third-order valence-electron chi connectivity index (χ3n) is 2.67. The van der Waals surface area contributed by atoms with Crippen molar-refractivity contribution in [3.05, 3.63) is 0 Å². The fourth-order valence-electron chi connectivity index (χ4n) is 1.32. The number of nitrogens with one attached hydrogen (secondary N) is 1. The second-order valence-electron chi connectivity index (χ2n) is 4.53. The Labute approximate surface area is 97.7 Å². The van der Waals surface area contributed by atoms with Gasteiger partial charge in [-0.05, 0) is 11.8 Å². The molecule has 0 aromatic heterocycles. The molecule has 4 heteroatoms. The first-order valence-electron chi connectivity index (χ1n) is 5.79. The molecule has 0 aromatic carbocycles. The number of rotatable bonds is 6. The highest BCUT2D eigenvalue weighted by molar-refractivity contribution is 5.84. The van der Waals surface area contributed by atoms with Crippen LogP contribution in [0.4, 0.5) is 0 Å². The number of hydrogen-bond donors (Lipinski definition) is 1. The Morgan fingerprint density at radius 2 is 1.81 bits per heavy atom. The molecule has 0 heterocycles. The van der Waals surface area contributed by atoms with E-state index in [1.807, 2.05) is 27.7 Å². The lowest BCUT2D eigenvalue weighted by atomic mass is 10.0. The van der Waals surface area contributed by atoms with Crippen molar-refractivity contribution >= 4 is 11.9 Å². The fraction of sp³-hybridized carbons (Fsp3) is 0.833. The molecule has 0 unspecified atom stereocenters. The number of esters is 1. The predicted molar refractivity (Wildman–Crippen MR) is 62.9 cm³/mol. The summed E-state index contributed by atoms with van der Waals surface area (Å²) in [5, 5.41) is 2.72. The van der Waals surface area contributed by atoms with E-state index >= 15 is 0 Å². The summed E-state index contributed by atoms with van der Waals surface area (Å²) < 4.78 is 4.65. The smallest absolute Gasteiger partial charge is 0.328 e. The van der Waals surface area contributed by atoms with Crippen molar-refractivity contribution in [2.45, 2.75) is 46.6 Å². The minimum Gasteiger partial charge on any atom is -0.467 e. The topological polar surface area (TPSA) is 55.4 Å². The quantitative estimate of drug-likeness (QED) is 0.706. The maximum absolute atomic E-state index is 11.6. The van der Waals surface area contributed by atoms with Crippen LogP contribution in [0, 0.1) is 11.8 Å². The number of amides is 1. The van der Waals surface area contributed by atoms with Gasteiger partial charge >= 0.3 is 5.97 Å². The second kappa shape index (κ2) is 7.25. The number of methoxy groups -OCH3 is 1. The van der Waals surface area contributed by atoms with Gasteiger partial charge in [-0.15, -0.1) is 0 Å². The highest BCUT2D eigenvalue weighted by Gasteiger charge is 2.24. The average molecular weight is 229 g/mol. The molecule has 1 amide bonds. The zero-order valence-corrected chi connectivity index (χ0v) is 10.9. The minimum absolute atomic E-state index is 0.0355. The van der Waals surface area contributed by atoms with Crippen LogP contribution in [0.25, 0.3) is 0 Å². The van der Waals surface area contributed by atoms with Crippen molar-refractivity contribution in [1.29, 1.82) is 0 Å². The molecule has 94 valence electrons. The van der Waals surface area contributed by atoms with Crippen LogP contribution in [0.3, 0.4) is 0 Å². The lowest BCUT2D eigenvalue weighted by molar-refractivity contribution is -0.146. The van der Waals surface area contributed by atoms with E-state index in [1.165, 1.54) is 7.11 Å². The number of ether oxygens (including phenoxy) is 1. The Bertz CT molecular complexity index is 238. The summed E-state index contributed by atoms with van der Waals surface area (Å²) in [5.41, 5.74) is 0. The van der Waals surface area contributed by atoms with Gasteiger partial charge in [-0.3, -0.25) is 4.79 Å². The Morgan fingerprint density at radius 3 is 2.19 bits per heavy atom. The van der Waals surface area contributed by atoms with Gasteiger partial charge in [0.05, 0.1) is 7.11 Å². The van der Waals surface area contributed by atoms with Crippen molar-refractivity contribution in [2.75, 3.05) is 7.11 Å². The van der Waals surface area contributed by atoms with Gasteiger partial charge in [-0.2, -0.15) is 0 Å². The van der Waals surface area contributed by atoms with Crippen LogP contribution in [0.1, 0.15) is 40.5 Å². The summed E-state index contributed by atoms with van der Waals surface area (Å²) in [5.74, 6) is -0.0928. The third kappa shape index (κ3) is 5.14. The molecule has 2 atom stereocenters. The fourth-order valence-corrected chi connectivity index (χ4v) is 1.32. The SMILES string of the molecule is CC[C@H](C)CC(=O)N[C@H](C(=O)OC)C(C)C. The molecule has 0 saturated carbocycles. The van der Waals surface area contributed by atoms with E-state index in [-0.39, 0.29) is 17.8 Å². The van der Waals surface area contributed by atoms with Crippen LogP contribution in [0.5, 0.6) is 0 Å². The molecular weight excluding hydrogens is 206 g/mol. The van der Waals surface area contributed by atoms with E-state index in [0.29, 0.717) is 12.3 Å². The molecule has 0 bridgehead atoms. The molecule has 0 rings (SSSR count). The Hall–Kier alpha value is -1.06. The third-order valence-corrected chi connectivity index (χ3v) is 2.67. The van der Waals surface area contributed by atoms with E-state index < -0.39 is 6.04 Å². The molecular formula is C12H23NO3. The highest BCUT2D eigenvalue weighted by Crippen LogP contribution is 2.08. The zero-order valence-electron chi connectivity index (χ0n) is 10.9. The number of hydrogen-bond acceptors (Lipinski definition) is 3. The standard InChI is InChI=1S/C12H23NO3/c1-6-9(4)7-10(14)13-11(8(2)3)12(15)16-5/h8-9,11H,6-7H2,1-5H3,(H,13,14)/t9-,11-/m0/s1. The molecule has 1 N–H and O–H groups in total. The highest BCUT2D eigenvalue weighted by atomic mass is 16.5. The molecule has 0 fully saturated rings. The minimum atomic E-state index is -0.540. The molecule has 0 radical (unpaired) electrons. The van der Waals surface area contributed by atoms with Crippen LogP contribution < -0.4 is 5.32 Å². The van der Waals surface area contributed by atoms with Gasteiger partial charge in [-0.1, -0.05) is 34.1 Å². The van der Waals surface area contributed by atoms with Gasteiger partial charge in [-0.25, -0.2) is 4.79 Å². The van der Waals surface area contributed by atoms with E-state index in [2.05, 4.69) is 10.1 Å². The van der Waals surface area contributed by atoms with Crippen molar-refractivity contribution in [2.24, 2.45) is 11.8 Å². The molecule has 16 heavy (non-hydrogen) atoms. The summed E-state index contributed by atoms with van der Waals surface area (Å²) in [6.07, 6.45) is 1.41. The summed E-state index contributed by atoms with van der Waals surface area (Å²) in [6, 6.07) is -0.540. The van der Waals surface area contributed by atoms with Gasteiger partial charge in [0, 0.05) is 6.42 Å². The van der Waals surface area contributed by atoms with Gasteiger partial charge in [0.1, 0.15) is 6.04 Å². The van der Waals surface area contributed by atoms with Gasteiger partial charge in [0.15, 0.2) is 0 Å². The lowest BCUT2D eigenvalue weighted by Gasteiger charge is -2.20. The van der Waals surface area contributed by atoms with Gasteiger partial charge in [0.25, 0.3) is 0 Å². The van der Waals surface area contributed by atoms with Crippen LogP contribution in [-0.4, -0.2) is 25.0 Å². The first-order valence-corrected chi connectivity index (χ1v) is 5.79. The molecule has 4 nitrogen and oxygen atoms in total. The molecule has 0 aromatic rings. The first-order chi connectivity index (χ1) is 7.42. The lowest BCUT2D eigenvalue weighted by Crippen LogP contribution is -2.45. The number of carbonyl (C=O) groups excluding carboxylic acids is 2. The molecule has 0 saturated heterocycles. The summed E-state index contributed by atoms with van der Waals surface area (Å²) >= 11 is 0. The van der Waals surface area contributed by atoms with Crippen molar-refractivity contribution in [3.63, 3.8) is 0 Å².